The molecule has 0 fully saturated rings. The standard InChI is InChI=1S/C13H19NO2/c1-4-15-11-7-5-6-9-10(14)8-13(2,3)16-12(9)11/h5-7,10H,4,8,14H2,1-3H3. The summed E-state index contributed by atoms with van der Waals surface area (Å²) in [5.74, 6) is 1.61. The fourth-order valence-electron chi connectivity index (χ4n) is 2.16. The van der Waals surface area contributed by atoms with Crippen LogP contribution in [0.15, 0.2) is 18.2 Å². The molecule has 1 unspecified atom stereocenters. The molecule has 0 bridgehead atoms. The van der Waals surface area contributed by atoms with Crippen LogP contribution in [0.5, 0.6) is 11.5 Å². The van der Waals surface area contributed by atoms with Gasteiger partial charge in [-0.3, -0.25) is 0 Å². The summed E-state index contributed by atoms with van der Waals surface area (Å²) in [5, 5.41) is 0. The SMILES string of the molecule is CCOc1cccc2c1OC(C)(C)CC2N. The van der Waals surface area contributed by atoms with Crippen molar-refractivity contribution in [3.05, 3.63) is 23.8 Å². The lowest BCUT2D eigenvalue weighted by Crippen LogP contribution is -2.37. The van der Waals surface area contributed by atoms with Crippen molar-refractivity contribution < 1.29 is 9.47 Å². The lowest BCUT2D eigenvalue weighted by Gasteiger charge is -2.36. The van der Waals surface area contributed by atoms with Crippen molar-refractivity contribution in [2.75, 3.05) is 6.61 Å². The van der Waals surface area contributed by atoms with Gasteiger partial charge in [0, 0.05) is 18.0 Å². The Kier molecular flexibility index (Phi) is 2.80. The van der Waals surface area contributed by atoms with Crippen LogP contribution < -0.4 is 15.2 Å². The summed E-state index contributed by atoms with van der Waals surface area (Å²) in [5.41, 5.74) is 6.98. The Morgan fingerprint density at radius 3 is 2.94 bits per heavy atom. The van der Waals surface area contributed by atoms with Crippen molar-refractivity contribution in [3.63, 3.8) is 0 Å². The molecule has 1 aromatic carbocycles. The van der Waals surface area contributed by atoms with Crippen molar-refractivity contribution in [3.8, 4) is 11.5 Å². The first kappa shape index (κ1) is 11.3. The molecule has 1 atom stereocenters. The van der Waals surface area contributed by atoms with Crippen LogP contribution in [0.25, 0.3) is 0 Å². The zero-order valence-corrected chi connectivity index (χ0v) is 10.1. The second-order valence-corrected chi connectivity index (χ2v) is 4.78. The summed E-state index contributed by atoms with van der Waals surface area (Å²) in [6.45, 7) is 6.71. The average Bonchev–Trinajstić information content (AvgIpc) is 2.18. The molecule has 1 aliphatic heterocycles. The van der Waals surface area contributed by atoms with Gasteiger partial charge in [0.25, 0.3) is 0 Å². The smallest absolute Gasteiger partial charge is 0.166 e. The van der Waals surface area contributed by atoms with Crippen LogP contribution in [0, 0.1) is 0 Å². The maximum Gasteiger partial charge on any atom is 0.166 e. The van der Waals surface area contributed by atoms with Crippen molar-refractivity contribution in [1.82, 2.24) is 0 Å². The zero-order valence-electron chi connectivity index (χ0n) is 10.1. The highest BCUT2D eigenvalue weighted by molar-refractivity contribution is 5.49. The van der Waals surface area contributed by atoms with Gasteiger partial charge in [0.05, 0.1) is 6.61 Å². The number of hydrogen-bond donors (Lipinski definition) is 1. The number of hydrogen-bond acceptors (Lipinski definition) is 3. The summed E-state index contributed by atoms with van der Waals surface area (Å²) in [4.78, 5) is 0. The summed E-state index contributed by atoms with van der Waals surface area (Å²) in [7, 11) is 0. The highest BCUT2D eigenvalue weighted by atomic mass is 16.5. The molecule has 1 heterocycles. The molecule has 3 heteroatoms. The molecule has 88 valence electrons. The fourth-order valence-corrected chi connectivity index (χ4v) is 2.16. The first-order chi connectivity index (χ1) is 7.53. The number of para-hydroxylation sites is 1. The van der Waals surface area contributed by atoms with Crippen molar-refractivity contribution >= 4 is 0 Å². The lowest BCUT2D eigenvalue weighted by atomic mass is 9.90. The van der Waals surface area contributed by atoms with E-state index in [4.69, 9.17) is 15.2 Å². The van der Waals surface area contributed by atoms with Gasteiger partial charge < -0.3 is 15.2 Å². The molecule has 0 spiro atoms. The maximum absolute atomic E-state index is 6.15. The molecule has 0 saturated heterocycles. The summed E-state index contributed by atoms with van der Waals surface area (Å²) in [6.07, 6.45) is 0.829. The summed E-state index contributed by atoms with van der Waals surface area (Å²) < 4.78 is 11.5. The molecule has 2 N–H and O–H groups in total. The van der Waals surface area contributed by atoms with E-state index < -0.39 is 0 Å². The highest BCUT2D eigenvalue weighted by Crippen LogP contribution is 2.43. The van der Waals surface area contributed by atoms with Gasteiger partial charge >= 0.3 is 0 Å². The van der Waals surface area contributed by atoms with Crippen LogP contribution in [0.3, 0.4) is 0 Å². The number of rotatable bonds is 2. The molecular formula is C13H19NO2. The van der Waals surface area contributed by atoms with Gasteiger partial charge in [-0.25, -0.2) is 0 Å². The Morgan fingerprint density at radius 2 is 2.25 bits per heavy atom. The molecule has 0 saturated carbocycles. The van der Waals surface area contributed by atoms with Gasteiger partial charge in [0.15, 0.2) is 11.5 Å². The Hall–Kier alpha value is -1.22. The van der Waals surface area contributed by atoms with Gasteiger partial charge in [-0.1, -0.05) is 12.1 Å². The van der Waals surface area contributed by atoms with Crippen molar-refractivity contribution in [1.29, 1.82) is 0 Å². The third-order valence-corrected chi connectivity index (χ3v) is 2.80. The van der Waals surface area contributed by atoms with E-state index in [1.165, 1.54) is 0 Å². The summed E-state index contributed by atoms with van der Waals surface area (Å²) in [6, 6.07) is 5.93. The van der Waals surface area contributed by atoms with Gasteiger partial charge in [0.1, 0.15) is 5.60 Å². The topological polar surface area (TPSA) is 44.5 Å². The highest BCUT2D eigenvalue weighted by Gasteiger charge is 2.33. The minimum Gasteiger partial charge on any atom is -0.490 e. The zero-order chi connectivity index (χ0) is 11.8. The number of nitrogens with two attached hydrogens (primary N) is 1. The van der Waals surface area contributed by atoms with E-state index in [9.17, 15) is 0 Å². The van der Waals surface area contributed by atoms with E-state index >= 15 is 0 Å². The van der Waals surface area contributed by atoms with Crippen LogP contribution in [-0.4, -0.2) is 12.2 Å². The van der Waals surface area contributed by atoms with E-state index in [1.807, 2.05) is 25.1 Å². The molecule has 0 radical (unpaired) electrons. The number of benzene rings is 1. The molecule has 0 aliphatic carbocycles. The summed E-state index contributed by atoms with van der Waals surface area (Å²) >= 11 is 0. The van der Waals surface area contributed by atoms with Crippen LogP contribution in [0.2, 0.25) is 0 Å². The minimum atomic E-state index is -0.223. The Bertz CT molecular complexity index is 388. The van der Waals surface area contributed by atoms with Gasteiger partial charge in [-0.15, -0.1) is 0 Å². The van der Waals surface area contributed by atoms with E-state index in [0.717, 1.165) is 23.5 Å². The first-order valence-corrected chi connectivity index (χ1v) is 5.74. The minimum absolute atomic E-state index is 0.0270. The van der Waals surface area contributed by atoms with Crippen LogP contribution >= 0.6 is 0 Å². The van der Waals surface area contributed by atoms with E-state index in [-0.39, 0.29) is 11.6 Å². The number of ether oxygens (including phenoxy) is 2. The normalized spacial score (nSPS) is 22.1. The fraction of sp³-hybridized carbons (Fsp3) is 0.538. The monoisotopic (exact) mass is 221 g/mol. The van der Waals surface area contributed by atoms with E-state index in [1.54, 1.807) is 0 Å². The quantitative estimate of drug-likeness (QED) is 0.835. The molecule has 3 nitrogen and oxygen atoms in total. The molecule has 1 aliphatic rings. The predicted octanol–water partition coefficient (Wildman–Crippen LogP) is 2.65. The Balaban J connectivity index is 2.44. The van der Waals surface area contributed by atoms with Crippen molar-refractivity contribution in [2.24, 2.45) is 5.73 Å². The Labute approximate surface area is 96.5 Å². The molecule has 1 aromatic rings. The third kappa shape index (κ3) is 2.00. The van der Waals surface area contributed by atoms with Crippen LogP contribution in [0.4, 0.5) is 0 Å². The molecule has 0 aromatic heterocycles. The molecule has 2 rings (SSSR count). The van der Waals surface area contributed by atoms with Gasteiger partial charge in [0.2, 0.25) is 0 Å². The van der Waals surface area contributed by atoms with Gasteiger partial charge in [-0.2, -0.15) is 0 Å². The van der Waals surface area contributed by atoms with Gasteiger partial charge in [-0.05, 0) is 26.8 Å². The molecule has 0 amide bonds. The second-order valence-electron chi connectivity index (χ2n) is 4.78. The predicted molar refractivity (Wildman–Crippen MR) is 63.9 cm³/mol. The lowest BCUT2D eigenvalue weighted by molar-refractivity contribution is 0.0680. The van der Waals surface area contributed by atoms with E-state index in [2.05, 4.69) is 13.8 Å². The first-order valence-electron chi connectivity index (χ1n) is 5.74. The average molecular weight is 221 g/mol. The maximum atomic E-state index is 6.15. The van der Waals surface area contributed by atoms with E-state index in [0.29, 0.717) is 6.61 Å². The second kappa shape index (κ2) is 3.98. The van der Waals surface area contributed by atoms with Crippen LogP contribution in [-0.2, 0) is 0 Å². The third-order valence-electron chi connectivity index (χ3n) is 2.80. The largest absolute Gasteiger partial charge is 0.490 e. The Morgan fingerprint density at radius 1 is 1.50 bits per heavy atom. The molecule has 16 heavy (non-hydrogen) atoms. The number of fused-ring (bicyclic) bond motifs is 1. The van der Waals surface area contributed by atoms with Crippen molar-refractivity contribution in [2.45, 2.75) is 38.8 Å². The van der Waals surface area contributed by atoms with Crippen LogP contribution in [0.1, 0.15) is 38.8 Å². The molecular weight excluding hydrogens is 202 g/mol.